The molecular weight excluding hydrogens is 254 g/mol. The van der Waals surface area contributed by atoms with Crippen LogP contribution in [0.2, 0.25) is 0 Å². The second kappa shape index (κ2) is 5.95. The van der Waals surface area contributed by atoms with Crippen LogP contribution in [0.15, 0.2) is 10.6 Å². The fourth-order valence-corrected chi connectivity index (χ4v) is 2.95. The number of rotatable bonds is 4. The standard InChI is InChI=1S/C15H23N3O2/c1-11-9-14(17-20-11)10-18-7-5-13(6-8-18)16-15(19)12-3-2-4-12/h9,12-13H,2-8,10H2,1H3,(H,16,19). The first-order valence-corrected chi connectivity index (χ1v) is 7.65. The van der Waals surface area contributed by atoms with Crippen LogP contribution in [-0.4, -0.2) is 35.1 Å². The summed E-state index contributed by atoms with van der Waals surface area (Å²) in [5.74, 6) is 1.44. The van der Waals surface area contributed by atoms with Crippen LogP contribution in [0.3, 0.4) is 0 Å². The van der Waals surface area contributed by atoms with Crippen LogP contribution in [0.25, 0.3) is 0 Å². The van der Waals surface area contributed by atoms with Crippen LogP contribution in [0.4, 0.5) is 0 Å². The molecule has 1 aliphatic heterocycles. The third-order valence-electron chi connectivity index (χ3n) is 4.47. The van der Waals surface area contributed by atoms with Crippen molar-refractivity contribution in [1.29, 1.82) is 0 Å². The topological polar surface area (TPSA) is 58.4 Å². The molecule has 1 saturated heterocycles. The Morgan fingerprint density at radius 3 is 2.70 bits per heavy atom. The van der Waals surface area contributed by atoms with E-state index in [4.69, 9.17) is 4.52 Å². The van der Waals surface area contributed by atoms with E-state index in [2.05, 4.69) is 15.4 Å². The number of amides is 1. The van der Waals surface area contributed by atoms with E-state index in [0.717, 1.165) is 56.8 Å². The van der Waals surface area contributed by atoms with Crippen LogP contribution in [0, 0.1) is 12.8 Å². The Hall–Kier alpha value is -1.36. The predicted octanol–water partition coefficient (Wildman–Crippen LogP) is 1.86. The second-order valence-electron chi connectivity index (χ2n) is 6.12. The first kappa shape index (κ1) is 13.6. The van der Waals surface area contributed by atoms with Gasteiger partial charge in [0.1, 0.15) is 5.76 Å². The van der Waals surface area contributed by atoms with Crippen molar-refractivity contribution in [2.75, 3.05) is 13.1 Å². The lowest BCUT2D eigenvalue weighted by molar-refractivity contribution is -0.128. The molecule has 5 nitrogen and oxygen atoms in total. The van der Waals surface area contributed by atoms with Gasteiger partial charge >= 0.3 is 0 Å². The van der Waals surface area contributed by atoms with Crippen molar-refractivity contribution >= 4 is 5.91 Å². The molecule has 0 atom stereocenters. The summed E-state index contributed by atoms with van der Waals surface area (Å²) in [6, 6.07) is 2.35. The van der Waals surface area contributed by atoms with Crippen molar-refractivity contribution in [1.82, 2.24) is 15.4 Å². The number of hydrogen-bond acceptors (Lipinski definition) is 4. The van der Waals surface area contributed by atoms with Gasteiger partial charge in [0.15, 0.2) is 0 Å². The molecule has 0 bridgehead atoms. The third-order valence-corrected chi connectivity index (χ3v) is 4.47. The van der Waals surface area contributed by atoms with E-state index in [9.17, 15) is 4.79 Å². The molecule has 2 aliphatic rings. The van der Waals surface area contributed by atoms with Gasteiger partial charge < -0.3 is 9.84 Å². The minimum Gasteiger partial charge on any atom is -0.361 e. The van der Waals surface area contributed by atoms with Crippen molar-refractivity contribution < 1.29 is 9.32 Å². The zero-order valence-electron chi connectivity index (χ0n) is 12.1. The highest BCUT2D eigenvalue weighted by atomic mass is 16.5. The van der Waals surface area contributed by atoms with Gasteiger partial charge in [-0.2, -0.15) is 0 Å². The zero-order valence-corrected chi connectivity index (χ0v) is 12.1. The van der Waals surface area contributed by atoms with Crippen LogP contribution < -0.4 is 5.32 Å². The van der Waals surface area contributed by atoms with E-state index in [1.165, 1.54) is 6.42 Å². The Labute approximate surface area is 119 Å². The van der Waals surface area contributed by atoms with Gasteiger partial charge in [-0.3, -0.25) is 9.69 Å². The molecule has 1 aliphatic carbocycles. The number of likely N-dealkylation sites (tertiary alicyclic amines) is 1. The minimum absolute atomic E-state index is 0.279. The SMILES string of the molecule is Cc1cc(CN2CCC(NC(=O)C3CCC3)CC2)no1. The van der Waals surface area contributed by atoms with Crippen molar-refractivity contribution in [3.8, 4) is 0 Å². The van der Waals surface area contributed by atoms with E-state index < -0.39 is 0 Å². The summed E-state index contributed by atoms with van der Waals surface area (Å²) in [6.07, 6.45) is 5.45. The maximum Gasteiger partial charge on any atom is 0.223 e. The normalized spacial score (nSPS) is 21.6. The number of carbonyl (C=O) groups excluding carboxylic acids is 1. The minimum atomic E-state index is 0.279. The predicted molar refractivity (Wildman–Crippen MR) is 75.0 cm³/mol. The van der Waals surface area contributed by atoms with Crippen molar-refractivity contribution in [2.45, 2.75) is 51.6 Å². The molecule has 2 heterocycles. The number of piperidine rings is 1. The van der Waals surface area contributed by atoms with Gasteiger partial charge in [-0.05, 0) is 32.6 Å². The maximum atomic E-state index is 11.9. The fraction of sp³-hybridized carbons (Fsp3) is 0.733. The lowest BCUT2D eigenvalue weighted by atomic mass is 9.84. The Kier molecular flexibility index (Phi) is 4.05. The summed E-state index contributed by atoms with van der Waals surface area (Å²) in [5.41, 5.74) is 0.999. The Morgan fingerprint density at radius 2 is 2.15 bits per heavy atom. The van der Waals surface area contributed by atoms with Crippen molar-refractivity contribution in [2.24, 2.45) is 5.92 Å². The molecule has 0 radical (unpaired) electrons. The lowest BCUT2D eigenvalue weighted by Crippen LogP contribution is -2.47. The van der Waals surface area contributed by atoms with Gasteiger partial charge in [0.25, 0.3) is 0 Å². The Balaban J connectivity index is 1.41. The van der Waals surface area contributed by atoms with E-state index in [1.807, 2.05) is 13.0 Å². The number of aromatic nitrogens is 1. The van der Waals surface area contributed by atoms with E-state index >= 15 is 0 Å². The van der Waals surface area contributed by atoms with Gasteiger partial charge in [-0.25, -0.2) is 0 Å². The number of hydrogen-bond donors (Lipinski definition) is 1. The van der Waals surface area contributed by atoms with Crippen LogP contribution in [0.1, 0.15) is 43.6 Å². The number of carbonyl (C=O) groups is 1. The van der Waals surface area contributed by atoms with Crippen LogP contribution in [-0.2, 0) is 11.3 Å². The van der Waals surface area contributed by atoms with Gasteiger partial charge in [0.05, 0.1) is 5.69 Å². The molecule has 20 heavy (non-hydrogen) atoms. The van der Waals surface area contributed by atoms with Gasteiger partial charge in [-0.1, -0.05) is 11.6 Å². The molecule has 1 amide bonds. The molecule has 1 N–H and O–H groups in total. The summed E-state index contributed by atoms with van der Waals surface area (Å²) >= 11 is 0. The molecule has 110 valence electrons. The van der Waals surface area contributed by atoms with Gasteiger partial charge in [0, 0.05) is 37.7 Å². The van der Waals surface area contributed by atoms with E-state index in [0.29, 0.717) is 12.0 Å². The highest BCUT2D eigenvalue weighted by Gasteiger charge is 2.28. The zero-order chi connectivity index (χ0) is 13.9. The highest BCUT2D eigenvalue weighted by Crippen LogP contribution is 2.26. The lowest BCUT2D eigenvalue weighted by Gasteiger charge is -2.33. The summed E-state index contributed by atoms with van der Waals surface area (Å²) in [4.78, 5) is 14.3. The van der Waals surface area contributed by atoms with E-state index in [-0.39, 0.29) is 5.91 Å². The molecule has 0 spiro atoms. The van der Waals surface area contributed by atoms with Gasteiger partial charge in [-0.15, -0.1) is 0 Å². The Morgan fingerprint density at radius 1 is 1.40 bits per heavy atom. The molecule has 2 fully saturated rings. The summed E-state index contributed by atoms with van der Waals surface area (Å²) in [6.45, 7) is 4.79. The van der Waals surface area contributed by atoms with Crippen molar-refractivity contribution in [3.05, 3.63) is 17.5 Å². The summed E-state index contributed by atoms with van der Waals surface area (Å²) < 4.78 is 5.09. The van der Waals surface area contributed by atoms with Crippen molar-refractivity contribution in [3.63, 3.8) is 0 Å². The monoisotopic (exact) mass is 277 g/mol. The maximum absolute atomic E-state index is 11.9. The largest absolute Gasteiger partial charge is 0.361 e. The Bertz CT molecular complexity index is 459. The number of nitrogens with zero attached hydrogens (tertiary/aromatic N) is 2. The average Bonchev–Trinajstić information content (AvgIpc) is 2.75. The first-order valence-electron chi connectivity index (χ1n) is 7.65. The molecule has 0 aromatic carbocycles. The van der Waals surface area contributed by atoms with Crippen LogP contribution >= 0.6 is 0 Å². The molecule has 1 aromatic heterocycles. The first-order chi connectivity index (χ1) is 9.70. The average molecular weight is 277 g/mol. The third kappa shape index (κ3) is 3.20. The second-order valence-corrected chi connectivity index (χ2v) is 6.12. The fourth-order valence-electron chi connectivity index (χ4n) is 2.95. The smallest absolute Gasteiger partial charge is 0.223 e. The quantitative estimate of drug-likeness (QED) is 0.912. The molecule has 1 saturated carbocycles. The molecule has 1 aromatic rings. The summed E-state index contributed by atoms with van der Waals surface area (Å²) in [5, 5.41) is 7.24. The summed E-state index contributed by atoms with van der Waals surface area (Å²) in [7, 11) is 0. The molecular formula is C15H23N3O2. The molecule has 3 rings (SSSR count). The van der Waals surface area contributed by atoms with Crippen LogP contribution in [0.5, 0.6) is 0 Å². The molecule has 0 unspecified atom stereocenters. The molecule has 5 heteroatoms. The number of aryl methyl sites for hydroxylation is 1. The highest BCUT2D eigenvalue weighted by molar-refractivity contribution is 5.79. The van der Waals surface area contributed by atoms with Gasteiger partial charge in [0.2, 0.25) is 5.91 Å². The van der Waals surface area contributed by atoms with E-state index in [1.54, 1.807) is 0 Å². The number of nitrogens with one attached hydrogen (secondary N) is 1.